The lowest BCUT2D eigenvalue weighted by atomic mass is 9.99. The summed E-state index contributed by atoms with van der Waals surface area (Å²) < 4.78 is 0. The molecule has 6 nitrogen and oxygen atoms in total. The monoisotopic (exact) mass is 303 g/mol. The van der Waals surface area contributed by atoms with Crippen LogP contribution in [0.25, 0.3) is 0 Å². The van der Waals surface area contributed by atoms with Crippen molar-refractivity contribution < 1.29 is 10.0 Å². The van der Waals surface area contributed by atoms with E-state index < -0.39 is 10.5 Å². The van der Waals surface area contributed by atoms with E-state index in [0.717, 1.165) is 5.56 Å². The van der Waals surface area contributed by atoms with E-state index in [1.807, 2.05) is 22.9 Å². The van der Waals surface area contributed by atoms with Crippen molar-refractivity contribution in [1.29, 1.82) is 5.26 Å². The molecule has 0 bridgehead atoms. The van der Waals surface area contributed by atoms with Gasteiger partial charge in [0.1, 0.15) is 11.7 Å². The number of non-ortho nitro benzene ring substituents is 1. The van der Waals surface area contributed by atoms with Gasteiger partial charge in [0.25, 0.3) is 5.69 Å². The zero-order chi connectivity index (χ0) is 15.5. The zero-order valence-electron chi connectivity index (χ0n) is 11.2. The van der Waals surface area contributed by atoms with Gasteiger partial charge in [-0.15, -0.1) is 0 Å². The summed E-state index contributed by atoms with van der Waals surface area (Å²) in [4.78, 5) is 10.1. The fraction of sp³-hybridized carbons (Fsp3) is 0.214. The third-order valence-corrected chi connectivity index (χ3v) is 3.78. The first kappa shape index (κ1) is 15.0. The zero-order valence-corrected chi connectivity index (χ0v) is 12.1. The summed E-state index contributed by atoms with van der Waals surface area (Å²) in [6.07, 6.45) is 0. The first-order valence-electron chi connectivity index (χ1n) is 6.11. The molecule has 108 valence electrons. The van der Waals surface area contributed by atoms with Crippen LogP contribution in [0.2, 0.25) is 0 Å². The van der Waals surface area contributed by atoms with E-state index >= 15 is 0 Å². The number of aliphatic hydroxyl groups is 1. The molecule has 21 heavy (non-hydrogen) atoms. The number of rotatable bonds is 5. The summed E-state index contributed by atoms with van der Waals surface area (Å²) in [7, 11) is 0. The minimum absolute atomic E-state index is 0.137. The SMILES string of the molecule is C[C@@](O)(CNc1ccc([N+](=O)[O-])cc1C#N)c1ccsc1. The van der Waals surface area contributed by atoms with Crippen molar-refractivity contribution >= 4 is 22.7 Å². The lowest BCUT2D eigenvalue weighted by Crippen LogP contribution is -2.30. The minimum Gasteiger partial charge on any atom is -0.384 e. The molecule has 0 amide bonds. The molecule has 0 fully saturated rings. The van der Waals surface area contributed by atoms with Crippen LogP contribution in [0.5, 0.6) is 0 Å². The standard InChI is InChI=1S/C14H13N3O3S/c1-14(18,11-4-5-21-8-11)9-16-13-3-2-12(17(19)20)6-10(13)7-15/h2-6,8,16,18H,9H2,1H3/t14-/m1/s1. The number of hydrogen-bond donors (Lipinski definition) is 2. The molecule has 1 aromatic heterocycles. The van der Waals surface area contributed by atoms with E-state index in [0.29, 0.717) is 5.69 Å². The number of hydrogen-bond acceptors (Lipinski definition) is 6. The van der Waals surface area contributed by atoms with Gasteiger partial charge >= 0.3 is 0 Å². The maximum atomic E-state index is 10.7. The lowest BCUT2D eigenvalue weighted by molar-refractivity contribution is -0.384. The van der Waals surface area contributed by atoms with Crippen LogP contribution < -0.4 is 5.32 Å². The minimum atomic E-state index is -1.09. The van der Waals surface area contributed by atoms with Crippen LogP contribution in [0.4, 0.5) is 11.4 Å². The molecule has 0 aliphatic heterocycles. The van der Waals surface area contributed by atoms with Crippen molar-refractivity contribution in [3.8, 4) is 6.07 Å². The molecule has 0 radical (unpaired) electrons. The number of thiophene rings is 1. The smallest absolute Gasteiger partial charge is 0.270 e. The average molecular weight is 303 g/mol. The Morgan fingerprint density at radius 2 is 2.29 bits per heavy atom. The molecule has 2 N–H and O–H groups in total. The topological polar surface area (TPSA) is 99.2 Å². The van der Waals surface area contributed by atoms with Gasteiger partial charge in [-0.25, -0.2) is 0 Å². The fourth-order valence-electron chi connectivity index (χ4n) is 1.83. The van der Waals surface area contributed by atoms with E-state index in [2.05, 4.69) is 5.32 Å². The van der Waals surface area contributed by atoms with Gasteiger partial charge in [0.05, 0.1) is 16.2 Å². The van der Waals surface area contributed by atoms with Gasteiger partial charge in [0.2, 0.25) is 0 Å². The predicted octanol–water partition coefficient (Wildman–Crippen LogP) is 2.85. The fourth-order valence-corrected chi connectivity index (χ4v) is 2.62. The highest BCUT2D eigenvalue weighted by atomic mass is 32.1. The number of benzene rings is 1. The maximum Gasteiger partial charge on any atom is 0.270 e. The van der Waals surface area contributed by atoms with Crippen molar-refractivity contribution in [3.63, 3.8) is 0 Å². The summed E-state index contributed by atoms with van der Waals surface area (Å²) in [5.41, 5.74) is 0.181. The highest BCUT2D eigenvalue weighted by Crippen LogP contribution is 2.26. The Bertz CT molecular complexity index is 690. The third-order valence-electron chi connectivity index (χ3n) is 3.10. The molecule has 0 aliphatic carbocycles. The van der Waals surface area contributed by atoms with Crippen molar-refractivity contribution in [1.82, 2.24) is 0 Å². The molecular weight excluding hydrogens is 290 g/mol. The lowest BCUT2D eigenvalue weighted by Gasteiger charge is -2.23. The second-order valence-corrected chi connectivity index (χ2v) is 5.52. The molecule has 0 saturated heterocycles. The van der Waals surface area contributed by atoms with Gasteiger partial charge in [-0.05, 0) is 35.4 Å². The highest BCUT2D eigenvalue weighted by Gasteiger charge is 2.23. The number of nitro benzene ring substituents is 1. The molecule has 0 saturated carbocycles. The van der Waals surface area contributed by atoms with Crippen molar-refractivity contribution in [3.05, 3.63) is 56.3 Å². The summed E-state index contributed by atoms with van der Waals surface area (Å²) in [5, 5.41) is 36.8. The molecule has 7 heteroatoms. The Morgan fingerprint density at radius 3 is 2.86 bits per heavy atom. The van der Waals surface area contributed by atoms with E-state index in [4.69, 9.17) is 5.26 Å². The summed E-state index contributed by atoms with van der Waals surface area (Å²) >= 11 is 1.49. The number of nitro groups is 1. The normalized spacial score (nSPS) is 13.2. The number of nitrogens with zero attached hydrogens (tertiary/aromatic N) is 2. The average Bonchev–Trinajstić information content (AvgIpc) is 3.00. The van der Waals surface area contributed by atoms with Crippen LogP contribution >= 0.6 is 11.3 Å². The maximum absolute atomic E-state index is 10.7. The number of nitriles is 1. The number of nitrogens with one attached hydrogen (secondary N) is 1. The summed E-state index contributed by atoms with van der Waals surface area (Å²) in [6.45, 7) is 1.86. The predicted molar refractivity (Wildman–Crippen MR) is 80.2 cm³/mol. The quantitative estimate of drug-likeness (QED) is 0.653. The molecular formula is C14H13N3O3S. The van der Waals surface area contributed by atoms with Crippen molar-refractivity contribution in [2.75, 3.05) is 11.9 Å². The molecule has 1 aromatic carbocycles. The van der Waals surface area contributed by atoms with E-state index in [9.17, 15) is 15.2 Å². The van der Waals surface area contributed by atoms with Gasteiger partial charge < -0.3 is 10.4 Å². The van der Waals surface area contributed by atoms with Crippen LogP contribution in [0, 0.1) is 21.4 Å². The molecule has 1 heterocycles. The Morgan fingerprint density at radius 1 is 1.52 bits per heavy atom. The van der Waals surface area contributed by atoms with Gasteiger partial charge in [-0.3, -0.25) is 10.1 Å². The highest BCUT2D eigenvalue weighted by molar-refractivity contribution is 7.08. The Balaban J connectivity index is 2.17. The number of anilines is 1. The Hall–Kier alpha value is -2.43. The molecule has 1 atom stereocenters. The van der Waals surface area contributed by atoms with Gasteiger partial charge in [0.15, 0.2) is 0 Å². The van der Waals surface area contributed by atoms with Crippen molar-refractivity contribution in [2.24, 2.45) is 0 Å². The van der Waals surface area contributed by atoms with Gasteiger partial charge in [0, 0.05) is 18.7 Å². The van der Waals surface area contributed by atoms with E-state index in [-0.39, 0.29) is 17.8 Å². The van der Waals surface area contributed by atoms with Crippen LogP contribution in [-0.2, 0) is 5.60 Å². The third kappa shape index (κ3) is 3.37. The Kier molecular flexibility index (Phi) is 4.21. The summed E-state index contributed by atoms with van der Waals surface area (Å²) in [5.74, 6) is 0. The van der Waals surface area contributed by atoms with Gasteiger partial charge in [-0.2, -0.15) is 16.6 Å². The molecule has 0 unspecified atom stereocenters. The first-order valence-corrected chi connectivity index (χ1v) is 7.06. The van der Waals surface area contributed by atoms with Crippen molar-refractivity contribution in [2.45, 2.75) is 12.5 Å². The second-order valence-electron chi connectivity index (χ2n) is 4.74. The van der Waals surface area contributed by atoms with Gasteiger partial charge in [-0.1, -0.05) is 0 Å². The molecule has 2 aromatic rings. The largest absolute Gasteiger partial charge is 0.384 e. The molecule has 0 aliphatic rings. The summed E-state index contributed by atoms with van der Waals surface area (Å²) in [6, 6.07) is 7.75. The van der Waals surface area contributed by atoms with Crippen LogP contribution in [0.3, 0.4) is 0 Å². The second kappa shape index (κ2) is 5.91. The molecule has 2 rings (SSSR count). The Labute approximate surface area is 125 Å². The van der Waals surface area contributed by atoms with Crippen LogP contribution in [0.15, 0.2) is 35.0 Å². The molecule has 0 spiro atoms. The van der Waals surface area contributed by atoms with E-state index in [1.54, 1.807) is 6.92 Å². The first-order chi connectivity index (χ1) is 9.94. The van der Waals surface area contributed by atoms with Crippen LogP contribution in [0.1, 0.15) is 18.1 Å². The van der Waals surface area contributed by atoms with Crippen LogP contribution in [-0.4, -0.2) is 16.6 Å². The van der Waals surface area contributed by atoms with E-state index in [1.165, 1.54) is 29.5 Å².